The lowest BCUT2D eigenvalue weighted by Gasteiger charge is -2.25. The summed E-state index contributed by atoms with van der Waals surface area (Å²) in [4.78, 5) is 27.8. The summed E-state index contributed by atoms with van der Waals surface area (Å²) >= 11 is 7.49. The van der Waals surface area contributed by atoms with Gasteiger partial charge in [0.25, 0.3) is 5.91 Å². The maximum Gasteiger partial charge on any atom is 0.254 e. The Kier molecular flexibility index (Phi) is 7.58. The lowest BCUT2D eigenvalue weighted by atomic mass is 10.1. The summed E-state index contributed by atoms with van der Waals surface area (Å²) in [5.74, 6) is 0.854. The fourth-order valence-electron chi connectivity index (χ4n) is 4.26. The van der Waals surface area contributed by atoms with Gasteiger partial charge in [0.2, 0.25) is 5.91 Å². The van der Waals surface area contributed by atoms with Gasteiger partial charge in [0.05, 0.1) is 11.8 Å². The average Bonchev–Trinajstić information content (AvgIpc) is 3.47. The van der Waals surface area contributed by atoms with Crippen LogP contribution in [-0.4, -0.2) is 43.8 Å². The lowest BCUT2D eigenvalue weighted by Crippen LogP contribution is -2.32. The zero-order valence-electron chi connectivity index (χ0n) is 19.5. The molecule has 0 spiro atoms. The topological polar surface area (TPSA) is 80.1 Å². The van der Waals surface area contributed by atoms with Gasteiger partial charge in [0, 0.05) is 29.4 Å². The van der Waals surface area contributed by atoms with E-state index in [-0.39, 0.29) is 23.6 Å². The highest BCUT2D eigenvalue weighted by Gasteiger charge is 2.35. The summed E-state index contributed by atoms with van der Waals surface area (Å²) in [5.41, 5.74) is 3.22. The first-order valence-corrected chi connectivity index (χ1v) is 12.7. The number of rotatable bonds is 7. The van der Waals surface area contributed by atoms with Crippen LogP contribution in [0.2, 0.25) is 5.02 Å². The molecule has 9 heteroatoms. The van der Waals surface area contributed by atoms with Crippen molar-refractivity contribution in [2.45, 2.75) is 51.4 Å². The molecular formula is C25H28ClN5O2S. The molecule has 1 aromatic heterocycles. The van der Waals surface area contributed by atoms with E-state index in [9.17, 15) is 9.59 Å². The molecule has 1 aliphatic heterocycles. The first-order chi connectivity index (χ1) is 16.4. The molecule has 0 saturated carbocycles. The Labute approximate surface area is 208 Å². The maximum absolute atomic E-state index is 13.3. The Morgan fingerprint density at radius 2 is 1.94 bits per heavy atom. The van der Waals surface area contributed by atoms with Crippen LogP contribution < -0.4 is 5.32 Å². The van der Waals surface area contributed by atoms with Gasteiger partial charge >= 0.3 is 0 Å². The molecule has 3 aromatic rings. The Morgan fingerprint density at radius 3 is 2.71 bits per heavy atom. The highest BCUT2D eigenvalue weighted by Crippen LogP contribution is 2.34. The molecule has 2 aromatic carbocycles. The number of carbonyl (C=O) groups excluding carboxylic acids is 2. The SMILES string of the molecule is CCn1c(SCC(=O)Nc2cccc(Cl)c2C)nnc1C1CCCN1C(=O)c1ccccc1C. The molecule has 4 rings (SSSR count). The Balaban J connectivity index is 1.47. The molecule has 1 saturated heterocycles. The number of halogens is 1. The van der Waals surface area contributed by atoms with Gasteiger partial charge < -0.3 is 14.8 Å². The van der Waals surface area contributed by atoms with Gasteiger partial charge in [0.1, 0.15) is 0 Å². The second kappa shape index (κ2) is 10.6. The van der Waals surface area contributed by atoms with Gasteiger partial charge in [0.15, 0.2) is 11.0 Å². The largest absolute Gasteiger partial charge is 0.328 e. The van der Waals surface area contributed by atoms with Crippen LogP contribution in [-0.2, 0) is 11.3 Å². The van der Waals surface area contributed by atoms with Crippen LogP contribution in [0, 0.1) is 13.8 Å². The number of benzene rings is 2. The second-order valence-electron chi connectivity index (χ2n) is 8.31. The smallest absolute Gasteiger partial charge is 0.254 e. The van der Waals surface area contributed by atoms with Gasteiger partial charge in [-0.05, 0) is 62.9 Å². The van der Waals surface area contributed by atoms with Crippen LogP contribution in [0.1, 0.15) is 53.1 Å². The minimum atomic E-state index is -0.139. The third-order valence-corrected chi connectivity index (χ3v) is 7.50. The van der Waals surface area contributed by atoms with Gasteiger partial charge in [-0.25, -0.2) is 0 Å². The quantitative estimate of drug-likeness (QED) is 0.449. The zero-order chi connectivity index (χ0) is 24.2. The summed E-state index contributed by atoms with van der Waals surface area (Å²) < 4.78 is 2.01. The van der Waals surface area contributed by atoms with Gasteiger partial charge in [-0.15, -0.1) is 10.2 Å². The fraction of sp³-hybridized carbons (Fsp3) is 0.360. The zero-order valence-corrected chi connectivity index (χ0v) is 21.1. The van der Waals surface area contributed by atoms with Gasteiger partial charge in [-0.1, -0.05) is 47.6 Å². The van der Waals surface area contributed by atoms with E-state index in [1.54, 1.807) is 6.07 Å². The third kappa shape index (κ3) is 4.98. The van der Waals surface area contributed by atoms with E-state index < -0.39 is 0 Å². The lowest BCUT2D eigenvalue weighted by molar-refractivity contribution is -0.113. The molecule has 1 N–H and O–H groups in total. The normalized spacial score (nSPS) is 15.5. The Hall–Kier alpha value is -2.84. The minimum absolute atomic E-state index is 0.0247. The van der Waals surface area contributed by atoms with Crippen molar-refractivity contribution in [3.05, 3.63) is 70.0 Å². The minimum Gasteiger partial charge on any atom is -0.328 e. The van der Waals surface area contributed by atoms with Crippen LogP contribution in [0.15, 0.2) is 47.6 Å². The van der Waals surface area contributed by atoms with Gasteiger partial charge in [-0.2, -0.15) is 0 Å². The molecule has 1 fully saturated rings. The molecule has 0 bridgehead atoms. The number of anilines is 1. The Bertz CT molecular complexity index is 1210. The number of hydrogen-bond donors (Lipinski definition) is 1. The molecule has 34 heavy (non-hydrogen) atoms. The number of amides is 2. The molecule has 1 atom stereocenters. The number of thioether (sulfide) groups is 1. The maximum atomic E-state index is 13.3. The molecule has 1 aliphatic rings. The van der Waals surface area contributed by atoms with Crippen LogP contribution >= 0.6 is 23.4 Å². The molecular weight excluding hydrogens is 470 g/mol. The van der Waals surface area contributed by atoms with E-state index in [0.29, 0.717) is 29.0 Å². The number of nitrogens with zero attached hydrogens (tertiary/aromatic N) is 4. The monoisotopic (exact) mass is 497 g/mol. The van der Waals surface area contributed by atoms with Gasteiger partial charge in [-0.3, -0.25) is 9.59 Å². The molecule has 2 amide bonds. The molecule has 2 heterocycles. The van der Waals surface area contributed by atoms with E-state index in [1.165, 1.54) is 11.8 Å². The van der Waals surface area contributed by atoms with Crippen molar-refractivity contribution in [2.24, 2.45) is 0 Å². The summed E-state index contributed by atoms with van der Waals surface area (Å²) in [7, 11) is 0. The highest BCUT2D eigenvalue weighted by atomic mass is 35.5. The number of nitrogens with one attached hydrogen (secondary N) is 1. The predicted octanol–water partition coefficient (Wildman–Crippen LogP) is 5.28. The van der Waals surface area contributed by atoms with Crippen molar-refractivity contribution in [2.75, 3.05) is 17.6 Å². The van der Waals surface area contributed by atoms with Crippen molar-refractivity contribution in [1.29, 1.82) is 0 Å². The number of likely N-dealkylation sites (tertiary alicyclic amines) is 1. The van der Waals surface area contributed by atoms with Crippen LogP contribution in [0.3, 0.4) is 0 Å². The summed E-state index contributed by atoms with van der Waals surface area (Å²) in [6.07, 6.45) is 1.76. The van der Waals surface area contributed by atoms with Crippen molar-refractivity contribution < 1.29 is 9.59 Å². The summed E-state index contributed by atoms with van der Waals surface area (Å²) in [5, 5.41) is 13.0. The predicted molar refractivity (Wildman–Crippen MR) is 135 cm³/mol. The van der Waals surface area contributed by atoms with E-state index in [0.717, 1.165) is 35.4 Å². The first-order valence-electron chi connectivity index (χ1n) is 11.4. The van der Waals surface area contributed by atoms with E-state index in [2.05, 4.69) is 15.5 Å². The van der Waals surface area contributed by atoms with Crippen LogP contribution in [0.5, 0.6) is 0 Å². The van der Waals surface area contributed by atoms with Crippen LogP contribution in [0.25, 0.3) is 0 Å². The Morgan fingerprint density at radius 1 is 1.15 bits per heavy atom. The molecule has 1 unspecified atom stereocenters. The van der Waals surface area contributed by atoms with Crippen molar-refractivity contribution in [1.82, 2.24) is 19.7 Å². The highest BCUT2D eigenvalue weighted by molar-refractivity contribution is 7.99. The average molecular weight is 498 g/mol. The molecule has 0 aliphatic carbocycles. The van der Waals surface area contributed by atoms with Crippen molar-refractivity contribution >= 4 is 40.9 Å². The standard InChI is InChI=1S/C25H28ClN5O2S/c1-4-30-23(21-13-8-14-31(21)24(33)18-10-6-5-9-16(18)2)28-29-25(30)34-15-22(32)27-20-12-7-11-19(26)17(20)3/h5-7,9-12,21H,4,8,13-15H2,1-3H3,(H,27,32). The molecule has 0 radical (unpaired) electrons. The third-order valence-electron chi connectivity index (χ3n) is 6.12. The van der Waals surface area contributed by atoms with Crippen molar-refractivity contribution in [3.8, 4) is 0 Å². The summed E-state index contributed by atoms with van der Waals surface area (Å²) in [6.45, 7) is 7.20. The number of aromatic nitrogens is 3. The summed E-state index contributed by atoms with van der Waals surface area (Å²) in [6, 6.07) is 13.0. The van der Waals surface area contributed by atoms with E-state index in [1.807, 2.05) is 66.6 Å². The second-order valence-corrected chi connectivity index (χ2v) is 9.66. The van der Waals surface area contributed by atoms with Crippen molar-refractivity contribution in [3.63, 3.8) is 0 Å². The number of hydrogen-bond acceptors (Lipinski definition) is 5. The number of carbonyl (C=O) groups is 2. The molecule has 7 nitrogen and oxygen atoms in total. The molecule has 178 valence electrons. The van der Waals surface area contributed by atoms with Crippen LogP contribution in [0.4, 0.5) is 5.69 Å². The first kappa shape index (κ1) is 24.3. The number of aryl methyl sites for hydroxylation is 1. The van der Waals surface area contributed by atoms with E-state index in [4.69, 9.17) is 11.6 Å². The van der Waals surface area contributed by atoms with E-state index >= 15 is 0 Å². The fourth-order valence-corrected chi connectivity index (χ4v) is 5.24.